The molecule has 2 atom stereocenters. The van der Waals surface area contributed by atoms with Crippen molar-refractivity contribution in [3.8, 4) is 0 Å². The van der Waals surface area contributed by atoms with Crippen molar-refractivity contribution in [2.75, 3.05) is 6.54 Å². The molecule has 5 rings (SSSR count). The Bertz CT molecular complexity index is 1470. The normalized spacial score (nSPS) is 17.2. The van der Waals surface area contributed by atoms with Gasteiger partial charge in [-0.25, -0.2) is 9.78 Å². The molecule has 1 amide bonds. The third-order valence-electron chi connectivity index (χ3n) is 6.98. The van der Waals surface area contributed by atoms with Crippen molar-refractivity contribution in [1.29, 1.82) is 0 Å². The molecule has 0 N–H and O–H groups in total. The number of para-hydroxylation sites is 1. The van der Waals surface area contributed by atoms with Gasteiger partial charge in [0.25, 0.3) is 5.56 Å². The highest BCUT2D eigenvalue weighted by Crippen LogP contribution is 2.26. The molecule has 0 bridgehead atoms. The van der Waals surface area contributed by atoms with Crippen LogP contribution in [0.4, 0.5) is 4.79 Å². The van der Waals surface area contributed by atoms with E-state index in [1.165, 1.54) is 10.9 Å². The first-order valence-electron chi connectivity index (χ1n) is 13.2. The third-order valence-corrected chi connectivity index (χ3v) is 6.98. The molecule has 200 valence electrons. The molecule has 39 heavy (non-hydrogen) atoms. The van der Waals surface area contributed by atoms with E-state index in [4.69, 9.17) is 9.47 Å². The van der Waals surface area contributed by atoms with Gasteiger partial charge >= 0.3 is 6.09 Å². The minimum Gasteiger partial charge on any atom is -0.445 e. The maximum Gasteiger partial charge on any atom is 0.410 e. The summed E-state index contributed by atoms with van der Waals surface area (Å²) in [5.74, 6) is -0.185. The predicted octanol–water partition coefficient (Wildman–Crippen LogP) is 4.74. The number of carbonyl (C=O) groups excluding carboxylic acids is 2. The number of amides is 1. The second-order valence-corrected chi connectivity index (χ2v) is 9.72. The van der Waals surface area contributed by atoms with Gasteiger partial charge in [-0.05, 0) is 36.1 Å². The number of benzene rings is 3. The fourth-order valence-corrected chi connectivity index (χ4v) is 4.97. The van der Waals surface area contributed by atoms with Gasteiger partial charge in [0, 0.05) is 13.0 Å². The molecule has 0 spiro atoms. The molecule has 2 heterocycles. The Kier molecular flexibility index (Phi) is 8.43. The molecular weight excluding hydrogens is 494 g/mol. The van der Waals surface area contributed by atoms with E-state index in [-0.39, 0.29) is 37.0 Å². The Labute approximate surface area is 226 Å². The van der Waals surface area contributed by atoms with Crippen LogP contribution in [-0.2, 0) is 34.0 Å². The monoisotopic (exact) mass is 525 g/mol. The first kappa shape index (κ1) is 26.3. The maximum atomic E-state index is 13.3. The standard InChI is InChI=1S/C31H31N3O5/c35-25(19-33-22-32-27-15-8-7-14-26(27)30(33)36)18-28-29(38-20-23-10-3-1-4-11-23)16-9-17-34(28)31(37)39-21-24-12-5-2-6-13-24/h1-8,10-15,22,28-29H,9,16-21H2/t28-,29+/m1/s1. The smallest absolute Gasteiger partial charge is 0.410 e. The molecule has 3 aromatic carbocycles. The second kappa shape index (κ2) is 12.5. The molecule has 8 nitrogen and oxygen atoms in total. The lowest BCUT2D eigenvalue weighted by atomic mass is 9.94. The van der Waals surface area contributed by atoms with Crippen LogP contribution in [0.1, 0.15) is 30.4 Å². The SMILES string of the molecule is O=C(C[C@@H]1[C@@H](OCc2ccccc2)CCCN1C(=O)OCc1ccccc1)Cn1cnc2ccccc2c1=O. The van der Waals surface area contributed by atoms with E-state index in [1.807, 2.05) is 66.7 Å². The number of fused-ring (bicyclic) bond motifs is 1. The van der Waals surface area contributed by atoms with Crippen LogP contribution < -0.4 is 5.56 Å². The van der Waals surface area contributed by atoms with E-state index in [0.717, 1.165) is 17.5 Å². The lowest BCUT2D eigenvalue weighted by Gasteiger charge is -2.40. The number of carbonyl (C=O) groups is 2. The zero-order valence-corrected chi connectivity index (χ0v) is 21.6. The number of hydrogen-bond acceptors (Lipinski definition) is 6. The molecular formula is C31H31N3O5. The highest BCUT2D eigenvalue weighted by molar-refractivity contribution is 5.81. The summed E-state index contributed by atoms with van der Waals surface area (Å²) in [5.41, 5.74) is 2.21. The molecule has 8 heteroatoms. The van der Waals surface area contributed by atoms with E-state index in [1.54, 1.807) is 23.1 Å². The lowest BCUT2D eigenvalue weighted by molar-refractivity contribution is -0.123. The van der Waals surface area contributed by atoms with Gasteiger partial charge in [-0.2, -0.15) is 0 Å². The number of rotatable bonds is 9. The summed E-state index contributed by atoms with van der Waals surface area (Å²) in [7, 11) is 0. The molecule has 0 unspecified atom stereocenters. The molecule has 1 aliphatic heterocycles. The van der Waals surface area contributed by atoms with Gasteiger partial charge in [-0.3, -0.25) is 14.2 Å². The summed E-state index contributed by atoms with van der Waals surface area (Å²) in [4.78, 5) is 45.4. The molecule has 0 saturated carbocycles. The van der Waals surface area contributed by atoms with Crippen LogP contribution in [0.5, 0.6) is 0 Å². The van der Waals surface area contributed by atoms with Crippen molar-refractivity contribution in [2.45, 2.75) is 51.2 Å². The molecule has 1 saturated heterocycles. The van der Waals surface area contributed by atoms with Crippen LogP contribution in [0.25, 0.3) is 10.9 Å². The van der Waals surface area contributed by atoms with E-state index in [2.05, 4.69) is 4.98 Å². The van der Waals surface area contributed by atoms with Gasteiger partial charge in [0.15, 0.2) is 5.78 Å². The van der Waals surface area contributed by atoms with Crippen LogP contribution >= 0.6 is 0 Å². The Hall–Kier alpha value is -4.30. The van der Waals surface area contributed by atoms with Crippen LogP contribution in [0.15, 0.2) is 96.1 Å². The molecule has 0 aliphatic carbocycles. The summed E-state index contributed by atoms with van der Waals surface area (Å²) >= 11 is 0. The topological polar surface area (TPSA) is 90.7 Å². The van der Waals surface area contributed by atoms with Crippen LogP contribution in [0.2, 0.25) is 0 Å². The highest BCUT2D eigenvalue weighted by atomic mass is 16.6. The fraction of sp³-hybridized carbons (Fsp3) is 0.290. The molecule has 1 aliphatic rings. The summed E-state index contributed by atoms with van der Waals surface area (Å²) in [6, 6.07) is 25.8. The number of hydrogen-bond donors (Lipinski definition) is 0. The number of ketones is 1. The molecule has 1 aromatic heterocycles. The minimum absolute atomic E-state index is 0.0408. The van der Waals surface area contributed by atoms with Crippen molar-refractivity contribution in [2.24, 2.45) is 0 Å². The van der Waals surface area contributed by atoms with E-state index < -0.39 is 12.1 Å². The zero-order valence-electron chi connectivity index (χ0n) is 21.6. The first-order chi connectivity index (χ1) is 19.1. The summed E-state index contributed by atoms with van der Waals surface area (Å²) in [5, 5.41) is 0.459. The predicted molar refractivity (Wildman–Crippen MR) is 147 cm³/mol. The van der Waals surface area contributed by atoms with Crippen molar-refractivity contribution < 1.29 is 19.1 Å². The van der Waals surface area contributed by atoms with E-state index >= 15 is 0 Å². The summed E-state index contributed by atoms with van der Waals surface area (Å²) in [6.07, 6.45) is 2.06. The van der Waals surface area contributed by atoms with Gasteiger partial charge in [0.1, 0.15) is 6.61 Å². The lowest BCUT2D eigenvalue weighted by Crippen LogP contribution is -2.53. The fourth-order valence-electron chi connectivity index (χ4n) is 4.97. The Morgan fingerprint density at radius 2 is 1.54 bits per heavy atom. The zero-order chi connectivity index (χ0) is 27.0. The summed E-state index contributed by atoms with van der Waals surface area (Å²) < 4.78 is 13.2. The Morgan fingerprint density at radius 1 is 0.872 bits per heavy atom. The van der Waals surface area contributed by atoms with Gasteiger partial charge < -0.3 is 14.4 Å². The van der Waals surface area contributed by atoms with Gasteiger partial charge in [0.05, 0.1) is 42.5 Å². The Morgan fingerprint density at radius 3 is 2.28 bits per heavy atom. The van der Waals surface area contributed by atoms with Crippen LogP contribution in [-0.4, -0.2) is 45.0 Å². The maximum absolute atomic E-state index is 13.3. The average Bonchev–Trinajstić information content (AvgIpc) is 2.98. The van der Waals surface area contributed by atoms with Gasteiger partial charge in [-0.15, -0.1) is 0 Å². The second-order valence-electron chi connectivity index (χ2n) is 9.72. The van der Waals surface area contributed by atoms with Crippen molar-refractivity contribution >= 4 is 22.8 Å². The summed E-state index contributed by atoms with van der Waals surface area (Å²) in [6.45, 7) is 0.849. The first-order valence-corrected chi connectivity index (χ1v) is 13.2. The number of nitrogens with zero attached hydrogens (tertiary/aromatic N) is 3. The number of piperidine rings is 1. The van der Waals surface area contributed by atoms with E-state index in [9.17, 15) is 14.4 Å². The number of ether oxygens (including phenoxy) is 2. The third kappa shape index (κ3) is 6.59. The van der Waals surface area contributed by atoms with Gasteiger partial charge in [0.2, 0.25) is 0 Å². The highest BCUT2D eigenvalue weighted by Gasteiger charge is 2.37. The average molecular weight is 526 g/mol. The van der Waals surface area contributed by atoms with Gasteiger partial charge in [-0.1, -0.05) is 72.8 Å². The molecule has 0 radical (unpaired) electrons. The van der Waals surface area contributed by atoms with Crippen molar-refractivity contribution in [3.05, 3.63) is 113 Å². The van der Waals surface area contributed by atoms with Crippen LogP contribution in [0.3, 0.4) is 0 Å². The van der Waals surface area contributed by atoms with E-state index in [0.29, 0.717) is 30.5 Å². The Balaban J connectivity index is 1.32. The number of aromatic nitrogens is 2. The van der Waals surface area contributed by atoms with Crippen LogP contribution in [0, 0.1) is 0 Å². The largest absolute Gasteiger partial charge is 0.445 e. The van der Waals surface area contributed by atoms with Crippen molar-refractivity contribution in [3.63, 3.8) is 0 Å². The number of Topliss-reactive ketones (excluding diaryl/α,β-unsaturated/α-hetero) is 1. The van der Waals surface area contributed by atoms with Crippen molar-refractivity contribution in [1.82, 2.24) is 14.5 Å². The molecule has 4 aromatic rings. The quantitative estimate of drug-likeness (QED) is 0.314. The number of likely N-dealkylation sites (tertiary alicyclic amines) is 1. The molecule has 1 fully saturated rings. The minimum atomic E-state index is -0.512.